The van der Waals surface area contributed by atoms with Crippen LogP contribution in [0.25, 0.3) is 0 Å². The number of aromatic amines is 1. The van der Waals surface area contributed by atoms with E-state index in [0.717, 1.165) is 61.9 Å². The van der Waals surface area contributed by atoms with Crippen LogP contribution >= 0.6 is 0 Å². The highest BCUT2D eigenvalue weighted by Crippen LogP contribution is 2.38. The maximum absolute atomic E-state index is 12.7. The molecular formula is C19H27N5O2. The average molecular weight is 357 g/mol. The van der Waals surface area contributed by atoms with Crippen molar-refractivity contribution in [2.75, 3.05) is 13.1 Å². The monoisotopic (exact) mass is 357 g/mol. The van der Waals surface area contributed by atoms with Crippen LogP contribution in [0, 0.1) is 19.8 Å². The predicted octanol–water partition coefficient (Wildman–Crippen LogP) is 2.70. The molecule has 0 bridgehead atoms. The van der Waals surface area contributed by atoms with Crippen molar-refractivity contribution in [1.82, 2.24) is 25.2 Å². The van der Waals surface area contributed by atoms with E-state index in [2.05, 4.69) is 20.3 Å². The summed E-state index contributed by atoms with van der Waals surface area (Å²) in [5, 5.41) is 11.3. The standard InChI is InChI=1S/C19H27N5O2/c1-12-16(13(2)22-21-12)7-8-18(25)24-9-3-4-14(11-24)10-17-20-19(23-26-17)15-5-6-15/h14-15H,3-11H2,1-2H3,(H,21,22). The van der Waals surface area contributed by atoms with E-state index in [-0.39, 0.29) is 5.91 Å². The van der Waals surface area contributed by atoms with E-state index in [1.807, 2.05) is 18.7 Å². The lowest BCUT2D eigenvalue weighted by Gasteiger charge is -2.32. The highest BCUT2D eigenvalue weighted by Gasteiger charge is 2.30. The summed E-state index contributed by atoms with van der Waals surface area (Å²) in [6, 6.07) is 0. The van der Waals surface area contributed by atoms with Crippen molar-refractivity contribution in [3.05, 3.63) is 28.7 Å². The van der Waals surface area contributed by atoms with Crippen LogP contribution < -0.4 is 0 Å². The fourth-order valence-corrected chi connectivity index (χ4v) is 3.90. The molecule has 1 aliphatic carbocycles. The van der Waals surface area contributed by atoms with Gasteiger partial charge in [0.15, 0.2) is 5.82 Å². The number of H-pyrrole nitrogens is 1. The van der Waals surface area contributed by atoms with E-state index < -0.39 is 0 Å². The van der Waals surface area contributed by atoms with Crippen molar-refractivity contribution in [1.29, 1.82) is 0 Å². The highest BCUT2D eigenvalue weighted by molar-refractivity contribution is 5.76. The van der Waals surface area contributed by atoms with Crippen molar-refractivity contribution in [2.45, 2.75) is 64.7 Å². The third-order valence-electron chi connectivity index (χ3n) is 5.63. The third-order valence-corrected chi connectivity index (χ3v) is 5.63. The van der Waals surface area contributed by atoms with E-state index in [1.165, 1.54) is 18.4 Å². The van der Waals surface area contributed by atoms with E-state index in [9.17, 15) is 4.79 Å². The van der Waals surface area contributed by atoms with Gasteiger partial charge in [0.05, 0.1) is 5.69 Å². The number of hydrogen-bond acceptors (Lipinski definition) is 5. The Labute approximate surface area is 153 Å². The Morgan fingerprint density at radius 2 is 2.15 bits per heavy atom. The molecule has 2 aromatic rings. The third kappa shape index (κ3) is 3.81. The van der Waals surface area contributed by atoms with Crippen molar-refractivity contribution in [3.8, 4) is 0 Å². The van der Waals surface area contributed by atoms with Gasteiger partial charge >= 0.3 is 0 Å². The lowest BCUT2D eigenvalue weighted by molar-refractivity contribution is -0.133. The first-order valence-corrected chi connectivity index (χ1v) is 9.71. The number of likely N-dealkylation sites (tertiary alicyclic amines) is 1. The number of piperidine rings is 1. The Morgan fingerprint density at radius 1 is 1.31 bits per heavy atom. The molecule has 1 N–H and O–H groups in total. The second-order valence-corrected chi connectivity index (χ2v) is 7.79. The lowest BCUT2D eigenvalue weighted by atomic mass is 9.94. The van der Waals surface area contributed by atoms with E-state index in [1.54, 1.807) is 0 Å². The Hall–Kier alpha value is -2.18. The number of rotatable bonds is 6. The minimum absolute atomic E-state index is 0.235. The number of aromatic nitrogens is 4. The molecular weight excluding hydrogens is 330 g/mol. The summed E-state index contributed by atoms with van der Waals surface area (Å²) < 4.78 is 5.41. The maximum Gasteiger partial charge on any atom is 0.226 e. The summed E-state index contributed by atoms with van der Waals surface area (Å²) in [6.07, 6.45) is 6.60. The molecule has 1 atom stereocenters. The lowest BCUT2D eigenvalue weighted by Crippen LogP contribution is -2.40. The average Bonchev–Trinajstić information content (AvgIpc) is 3.31. The first-order chi connectivity index (χ1) is 12.6. The molecule has 4 rings (SSSR count). The molecule has 2 aromatic heterocycles. The molecule has 3 heterocycles. The predicted molar refractivity (Wildman–Crippen MR) is 95.7 cm³/mol. The summed E-state index contributed by atoms with van der Waals surface area (Å²) in [4.78, 5) is 19.2. The van der Waals surface area contributed by atoms with Crippen LogP contribution in [0.1, 0.15) is 66.7 Å². The number of carbonyl (C=O) groups is 1. The Morgan fingerprint density at radius 3 is 2.88 bits per heavy atom. The molecule has 0 radical (unpaired) electrons. The molecule has 0 spiro atoms. The van der Waals surface area contributed by atoms with Gasteiger partial charge in [-0.1, -0.05) is 5.16 Å². The Balaban J connectivity index is 1.30. The summed E-state index contributed by atoms with van der Waals surface area (Å²) in [6.45, 7) is 5.65. The van der Waals surface area contributed by atoms with E-state index in [0.29, 0.717) is 18.3 Å². The number of nitrogens with zero attached hydrogens (tertiary/aromatic N) is 4. The molecule has 0 aromatic carbocycles. The maximum atomic E-state index is 12.7. The smallest absolute Gasteiger partial charge is 0.226 e. The van der Waals surface area contributed by atoms with Gasteiger partial charge in [-0.05, 0) is 57.4 Å². The SMILES string of the molecule is Cc1n[nH]c(C)c1CCC(=O)N1CCCC(Cc2nc(C3CC3)no2)C1. The number of amides is 1. The minimum Gasteiger partial charge on any atom is -0.342 e. The fourth-order valence-electron chi connectivity index (χ4n) is 3.90. The van der Waals surface area contributed by atoms with Gasteiger partial charge in [-0.25, -0.2) is 0 Å². The molecule has 2 aliphatic rings. The number of aryl methyl sites for hydroxylation is 2. The van der Waals surface area contributed by atoms with Crippen molar-refractivity contribution < 1.29 is 9.32 Å². The van der Waals surface area contributed by atoms with Gasteiger partial charge in [0.1, 0.15) is 0 Å². The summed E-state index contributed by atoms with van der Waals surface area (Å²) in [7, 11) is 0. The van der Waals surface area contributed by atoms with Gasteiger partial charge in [0, 0.05) is 37.5 Å². The summed E-state index contributed by atoms with van der Waals surface area (Å²) in [5.74, 6) is 2.77. The molecule has 26 heavy (non-hydrogen) atoms. The largest absolute Gasteiger partial charge is 0.342 e. The van der Waals surface area contributed by atoms with Crippen LogP contribution in [0.15, 0.2) is 4.52 Å². The first kappa shape index (κ1) is 17.2. The quantitative estimate of drug-likeness (QED) is 0.859. The van der Waals surface area contributed by atoms with Crippen LogP contribution in [-0.2, 0) is 17.6 Å². The van der Waals surface area contributed by atoms with Crippen molar-refractivity contribution in [2.24, 2.45) is 5.92 Å². The van der Waals surface area contributed by atoms with Gasteiger partial charge in [-0.2, -0.15) is 10.1 Å². The Kier molecular flexibility index (Phi) is 4.78. The van der Waals surface area contributed by atoms with Gasteiger partial charge in [-0.3, -0.25) is 9.89 Å². The summed E-state index contributed by atoms with van der Waals surface area (Å²) in [5.41, 5.74) is 3.23. The number of hydrogen-bond donors (Lipinski definition) is 1. The van der Waals surface area contributed by atoms with E-state index >= 15 is 0 Å². The van der Waals surface area contributed by atoms with Gasteiger partial charge in [0.25, 0.3) is 0 Å². The van der Waals surface area contributed by atoms with Crippen molar-refractivity contribution in [3.63, 3.8) is 0 Å². The molecule has 1 saturated carbocycles. The van der Waals surface area contributed by atoms with Gasteiger partial charge in [-0.15, -0.1) is 0 Å². The molecule has 1 aliphatic heterocycles. The van der Waals surface area contributed by atoms with E-state index in [4.69, 9.17) is 4.52 Å². The topological polar surface area (TPSA) is 87.9 Å². The first-order valence-electron chi connectivity index (χ1n) is 9.71. The van der Waals surface area contributed by atoms with Crippen molar-refractivity contribution >= 4 is 5.91 Å². The normalized spacial score (nSPS) is 20.5. The van der Waals surface area contributed by atoms with Gasteiger partial charge < -0.3 is 9.42 Å². The number of carbonyl (C=O) groups excluding carboxylic acids is 1. The molecule has 1 saturated heterocycles. The Bertz CT molecular complexity index is 757. The zero-order valence-corrected chi connectivity index (χ0v) is 15.6. The van der Waals surface area contributed by atoms with Crippen LogP contribution in [-0.4, -0.2) is 44.2 Å². The fraction of sp³-hybridized carbons (Fsp3) is 0.684. The van der Waals surface area contributed by atoms with Crippen LogP contribution in [0.5, 0.6) is 0 Å². The second-order valence-electron chi connectivity index (χ2n) is 7.79. The van der Waals surface area contributed by atoms with Crippen LogP contribution in [0.2, 0.25) is 0 Å². The summed E-state index contributed by atoms with van der Waals surface area (Å²) >= 11 is 0. The molecule has 7 nitrogen and oxygen atoms in total. The minimum atomic E-state index is 0.235. The van der Waals surface area contributed by atoms with Crippen LogP contribution in [0.3, 0.4) is 0 Å². The second kappa shape index (κ2) is 7.21. The zero-order chi connectivity index (χ0) is 18.1. The zero-order valence-electron chi connectivity index (χ0n) is 15.6. The molecule has 2 fully saturated rings. The molecule has 1 amide bonds. The number of nitrogens with one attached hydrogen (secondary N) is 1. The molecule has 140 valence electrons. The molecule has 7 heteroatoms. The van der Waals surface area contributed by atoms with Crippen LogP contribution in [0.4, 0.5) is 0 Å². The highest BCUT2D eigenvalue weighted by atomic mass is 16.5. The molecule has 1 unspecified atom stereocenters. The van der Waals surface area contributed by atoms with Gasteiger partial charge in [0.2, 0.25) is 11.8 Å².